The van der Waals surface area contributed by atoms with Gasteiger partial charge in [-0.05, 0) is 6.92 Å². The van der Waals surface area contributed by atoms with Gasteiger partial charge in [0.15, 0.2) is 0 Å². The first-order chi connectivity index (χ1) is 12.2. The molecule has 0 aromatic heterocycles. The van der Waals surface area contributed by atoms with Crippen molar-refractivity contribution in [2.75, 3.05) is 79.2 Å². The highest BCUT2D eigenvalue weighted by Crippen LogP contribution is 1.84. The molecular weight excluding hydrogens is 332 g/mol. The second kappa shape index (κ2) is 19.1. The van der Waals surface area contributed by atoms with Crippen molar-refractivity contribution in [3.05, 3.63) is 0 Å². The highest BCUT2D eigenvalue weighted by molar-refractivity contribution is 5.77. The predicted molar refractivity (Wildman–Crippen MR) is 91.5 cm³/mol. The molecule has 0 bridgehead atoms. The van der Waals surface area contributed by atoms with E-state index < -0.39 is 0 Å². The van der Waals surface area contributed by atoms with E-state index in [9.17, 15) is 9.59 Å². The minimum Gasteiger partial charge on any atom is -0.377 e. The number of rotatable bonds is 18. The van der Waals surface area contributed by atoms with Crippen LogP contribution in [0.5, 0.6) is 0 Å². The minimum atomic E-state index is -0.121. The molecule has 0 saturated heterocycles. The number of amides is 2. The number of carbonyl (C=O) groups is 2. The van der Waals surface area contributed by atoms with E-state index in [1.165, 1.54) is 6.92 Å². The monoisotopic (exact) mass is 364 g/mol. The zero-order valence-electron chi connectivity index (χ0n) is 15.3. The quantitative estimate of drug-likeness (QED) is 0.311. The Morgan fingerprint density at radius 1 is 0.680 bits per heavy atom. The van der Waals surface area contributed by atoms with E-state index in [1.807, 2.05) is 6.92 Å². The summed E-state index contributed by atoms with van der Waals surface area (Å²) in [5, 5.41) is 5.28. The first-order valence-corrected chi connectivity index (χ1v) is 8.56. The van der Waals surface area contributed by atoms with Gasteiger partial charge < -0.3 is 34.3 Å². The predicted octanol–water partition coefficient (Wildman–Crippen LogP) is -0.658. The van der Waals surface area contributed by atoms with E-state index in [0.717, 1.165) is 0 Å². The molecule has 0 unspecified atom stereocenters. The van der Waals surface area contributed by atoms with Crippen LogP contribution in [0.15, 0.2) is 0 Å². The molecule has 0 heterocycles. The largest absolute Gasteiger partial charge is 0.377 e. The Bertz CT molecular complexity index is 330. The Morgan fingerprint density at radius 3 is 1.56 bits per heavy atom. The van der Waals surface area contributed by atoms with Gasteiger partial charge in [-0.1, -0.05) is 0 Å². The maximum atomic E-state index is 11.1. The summed E-state index contributed by atoms with van der Waals surface area (Å²) in [7, 11) is 0. The highest BCUT2D eigenvalue weighted by atomic mass is 16.6. The van der Waals surface area contributed by atoms with E-state index in [2.05, 4.69) is 10.6 Å². The molecule has 0 radical (unpaired) electrons. The van der Waals surface area contributed by atoms with Crippen molar-refractivity contribution in [1.29, 1.82) is 0 Å². The van der Waals surface area contributed by atoms with Crippen LogP contribution < -0.4 is 10.6 Å². The standard InChI is InChI=1S/C16H32N2O7/c1-3-17-16(20)14-25-13-12-24-11-10-23-9-8-22-7-6-21-5-4-18-15(2)19/h3-14H2,1-2H3,(H,17,20)(H,18,19). The summed E-state index contributed by atoms with van der Waals surface area (Å²) in [5.74, 6) is -0.183. The van der Waals surface area contributed by atoms with Crippen molar-refractivity contribution in [1.82, 2.24) is 10.6 Å². The van der Waals surface area contributed by atoms with Crippen LogP contribution in [-0.4, -0.2) is 91.0 Å². The number of ether oxygens (including phenoxy) is 5. The number of hydrogen-bond acceptors (Lipinski definition) is 7. The van der Waals surface area contributed by atoms with E-state index in [1.54, 1.807) is 0 Å². The van der Waals surface area contributed by atoms with Crippen molar-refractivity contribution in [3.63, 3.8) is 0 Å². The first kappa shape index (κ1) is 23.7. The maximum absolute atomic E-state index is 11.1. The normalized spacial score (nSPS) is 10.6. The molecule has 0 spiro atoms. The van der Waals surface area contributed by atoms with Crippen molar-refractivity contribution in [2.24, 2.45) is 0 Å². The average Bonchev–Trinajstić information content (AvgIpc) is 2.57. The zero-order valence-corrected chi connectivity index (χ0v) is 15.3. The van der Waals surface area contributed by atoms with E-state index >= 15 is 0 Å². The molecule has 0 aliphatic heterocycles. The first-order valence-electron chi connectivity index (χ1n) is 8.56. The Hall–Kier alpha value is -1.26. The molecule has 148 valence electrons. The van der Waals surface area contributed by atoms with Gasteiger partial charge >= 0.3 is 0 Å². The van der Waals surface area contributed by atoms with E-state index in [0.29, 0.717) is 72.6 Å². The van der Waals surface area contributed by atoms with Crippen LogP contribution in [0.4, 0.5) is 0 Å². The minimum absolute atomic E-state index is 0.0575. The fourth-order valence-electron chi connectivity index (χ4n) is 1.59. The summed E-state index contributed by atoms with van der Waals surface area (Å²) in [6.45, 7) is 8.68. The molecule has 9 heteroatoms. The van der Waals surface area contributed by atoms with Crippen molar-refractivity contribution < 1.29 is 33.3 Å². The highest BCUT2D eigenvalue weighted by Gasteiger charge is 1.98. The van der Waals surface area contributed by atoms with Gasteiger partial charge in [0, 0.05) is 20.0 Å². The molecule has 0 aliphatic rings. The Balaban J connectivity index is 3.05. The van der Waals surface area contributed by atoms with Crippen molar-refractivity contribution in [2.45, 2.75) is 13.8 Å². The van der Waals surface area contributed by atoms with Crippen LogP contribution in [0.1, 0.15) is 13.8 Å². The second-order valence-corrected chi connectivity index (χ2v) is 4.94. The number of carbonyl (C=O) groups excluding carboxylic acids is 2. The summed E-state index contributed by atoms with van der Waals surface area (Å²) in [5.41, 5.74) is 0. The number of likely N-dealkylation sites (N-methyl/N-ethyl adjacent to an activating group) is 1. The van der Waals surface area contributed by atoms with Gasteiger partial charge in [0.1, 0.15) is 6.61 Å². The molecule has 0 saturated carbocycles. The topological polar surface area (TPSA) is 104 Å². The van der Waals surface area contributed by atoms with Crippen molar-refractivity contribution in [3.8, 4) is 0 Å². The van der Waals surface area contributed by atoms with E-state index in [4.69, 9.17) is 23.7 Å². The average molecular weight is 364 g/mol. The summed E-state index contributed by atoms with van der Waals surface area (Å²) < 4.78 is 26.4. The van der Waals surface area contributed by atoms with Crippen molar-refractivity contribution >= 4 is 11.8 Å². The zero-order chi connectivity index (χ0) is 18.6. The molecular formula is C16H32N2O7. The fourth-order valence-corrected chi connectivity index (χ4v) is 1.59. The molecule has 0 fully saturated rings. The maximum Gasteiger partial charge on any atom is 0.245 e. The SMILES string of the molecule is CCNC(=O)COCCOCCOCCOCCOCCNC(C)=O. The van der Waals surface area contributed by atoms with Crippen LogP contribution in [0.25, 0.3) is 0 Å². The summed E-state index contributed by atoms with van der Waals surface area (Å²) in [6.07, 6.45) is 0. The van der Waals surface area contributed by atoms with Crippen LogP contribution in [0, 0.1) is 0 Å². The molecule has 0 atom stereocenters. The summed E-state index contributed by atoms with van der Waals surface area (Å²) in [4.78, 5) is 21.7. The van der Waals surface area contributed by atoms with Gasteiger partial charge in [-0.15, -0.1) is 0 Å². The van der Waals surface area contributed by atoms with E-state index in [-0.39, 0.29) is 18.4 Å². The lowest BCUT2D eigenvalue weighted by Crippen LogP contribution is -2.27. The third kappa shape index (κ3) is 20.7. The summed E-state index contributed by atoms with van der Waals surface area (Å²) in [6, 6.07) is 0. The molecule has 2 amide bonds. The number of hydrogen-bond donors (Lipinski definition) is 2. The molecule has 0 rings (SSSR count). The van der Waals surface area contributed by atoms with Crippen LogP contribution in [0.2, 0.25) is 0 Å². The van der Waals surface area contributed by atoms with Crippen LogP contribution in [0.3, 0.4) is 0 Å². The van der Waals surface area contributed by atoms with Crippen LogP contribution in [-0.2, 0) is 33.3 Å². The Labute approximate surface area is 149 Å². The smallest absolute Gasteiger partial charge is 0.245 e. The van der Waals surface area contributed by atoms with Gasteiger partial charge in [-0.25, -0.2) is 0 Å². The Morgan fingerprint density at radius 2 is 1.12 bits per heavy atom. The van der Waals surface area contributed by atoms with Gasteiger partial charge in [0.05, 0.1) is 59.5 Å². The van der Waals surface area contributed by atoms with Gasteiger partial charge in [0.2, 0.25) is 11.8 Å². The van der Waals surface area contributed by atoms with Gasteiger partial charge in [0.25, 0.3) is 0 Å². The Kier molecular flexibility index (Phi) is 18.1. The molecule has 0 aliphatic carbocycles. The van der Waals surface area contributed by atoms with Gasteiger partial charge in [-0.3, -0.25) is 9.59 Å². The van der Waals surface area contributed by atoms with Crippen LogP contribution >= 0.6 is 0 Å². The fraction of sp³-hybridized carbons (Fsp3) is 0.875. The number of nitrogens with one attached hydrogen (secondary N) is 2. The lowest BCUT2D eigenvalue weighted by atomic mass is 10.6. The van der Waals surface area contributed by atoms with Gasteiger partial charge in [-0.2, -0.15) is 0 Å². The molecule has 2 N–H and O–H groups in total. The third-order valence-corrected chi connectivity index (χ3v) is 2.72. The third-order valence-electron chi connectivity index (χ3n) is 2.72. The molecule has 0 aromatic carbocycles. The molecule has 9 nitrogen and oxygen atoms in total. The lowest BCUT2D eigenvalue weighted by molar-refractivity contribution is -0.126. The second-order valence-electron chi connectivity index (χ2n) is 4.94. The summed E-state index contributed by atoms with van der Waals surface area (Å²) >= 11 is 0. The molecule has 25 heavy (non-hydrogen) atoms. The lowest BCUT2D eigenvalue weighted by Gasteiger charge is -2.08. The molecule has 0 aromatic rings.